The number of hydrogen-bond donors (Lipinski definition) is 0. The van der Waals surface area contributed by atoms with Gasteiger partial charge in [-0.1, -0.05) is 25.7 Å². The SMILES string of the molecule is COC(=O)C1CCCN(C(=O)C2CCCCCC2)C1. The maximum atomic E-state index is 12.5. The Bertz CT molecular complexity index is 321. The molecule has 4 heteroatoms. The summed E-state index contributed by atoms with van der Waals surface area (Å²) in [7, 11) is 1.43. The summed E-state index contributed by atoms with van der Waals surface area (Å²) < 4.78 is 4.81. The topological polar surface area (TPSA) is 46.6 Å². The Hall–Kier alpha value is -1.06. The predicted molar refractivity (Wildman–Crippen MR) is 72.5 cm³/mol. The molecule has 1 atom stereocenters. The van der Waals surface area contributed by atoms with Crippen LogP contribution in [0.15, 0.2) is 0 Å². The van der Waals surface area contributed by atoms with Crippen molar-refractivity contribution in [3.63, 3.8) is 0 Å². The maximum Gasteiger partial charge on any atom is 0.310 e. The first-order valence-electron chi connectivity index (χ1n) is 7.59. The maximum absolute atomic E-state index is 12.5. The smallest absolute Gasteiger partial charge is 0.310 e. The van der Waals surface area contributed by atoms with Crippen LogP contribution in [0.4, 0.5) is 0 Å². The van der Waals surface area contributed by atoms with Crippen LogP contribution in [-0.2, 0) is 14.3 Å². The molecule has 19 heavy (non-hydrogen) atoms. The number of rotatable bonds is 2. The van der Waals surface area contributed by atoms with Crippen molar-refractivity contribution in [2.75, 3.05) is 20.2 Å². The van der Waals surface area contributed by atoms with Gasteiger partial charge in [-0.2, -0.15) is 0 Å². The van der Waals surface area contributed by atoms with Gasteiger partial charge in [-0.3, -0.25) is 9.59 Å². The van der Waals surface area contributed by atoms with E-state index in [0.717, 1.165) is 32.2 Å². The van der Waals surface area contributed by atoms with Crippen molar-refractivity contribution in [1.29, 1.82) is 0 Å². The third kappa shape index (κ3) is 3.71. The molecule has 0 spiro atoms. The van der Waals surface area contributed by atoms with E-state index in [1.807, 2.05) is 4.90 Å². The molecule has 1 aliphatic heterocycles. The van der Waals surface area contributed by atoms with Gasteiger partial charge in [0.1, 0.15) is 0 Å². The molecule has 1 unspecified atom stereocenters. The molecule has 2 rings (SSSR count). The number of nitrogens with zero attached hydrogens (tertiary/aromatic N) is 1. The second kappa shape index (κ2) is 6.92. The van der Waals surface area contributed by atoms with Crippen molar-refractivity contribution >= 4 is 11.9 Å². The minimum Gasteiger partial charge on any atom is -0.469 e. The predicted octanol–water partition coefficient (Wildman–Crippen LogP) is 2.37. The van der Waals surface area contributed by atoms with E-state index in [0.29, 0.717) is 6.54 Å². The fourth-order valence-electron chi connectivity index (χ4n) is 3.32. The number of carbonyl (C=O) groups excluding carboxylic acids is 2. The Balaban J connectivity index is 1.92. The van der Waals surface area contributed by atoms with Gasteiger partial charge in [-0.15, -0.1) is 0 Å². The number of piperidine rings is 1. The van der Waals surface area contributed by atoms with Crippen molar-refractivity contribution < 1.29 is 14.3 Å². The summed E-state index contributed by atoms with van der Waals surface area (Å²) >= 11 is 0. The van der Waals surface area contributed by atoms with Crippen molar-refractivity contribution in [3.8, 4) is 0 Å². The van der Waals surface area contributed by atoms with E-state index in [1.54, 1.807) is 0 Å². The van der Waals surface area contributed by atoms with E-state index in [4.69, 9.17) is 4.74 Å². The third-order valence-electron chi connectivity index (χ3n) is 4.47. The monoisotopic (exact) mass is 267 g/mol. The molecule has 2 aliphatic rings. The zero-order valence-corrected chi connectivity index (χ0v) is 11.9. The molecule has 0 aromatic carbocycles. The average Bonchev–Trinajstić information content (AvgIpc) is 2.75. The molecule has 1 heterocycles. The van der Waals surface area contributed by atoms with Crippen LogP contribution in [0.3, 0.4) is 0 Å². The highest BCUT2D eigenvalue weighted by Gasteiger charge is 2.32. The normalized spacial score (nSPS) is 25.7. The van der Waals surface area contributed by atoms with Gasteiger partial charge in [-0.25, -0.2) is 0 Å². The first kappa shape index (κ1) is 14.4. The molecule has 1 saturated heterocycles. The van der Waals surface area contributed by atoms with Crippen LogP contribution in [0.2, 0.25) is 0 Å². The van der Waals surface area contributed by atoms with Crippen LogP contribution in [-0.4, -0.2) is 37.0 Å². The van der Waals surface area contributed by atoms with Crippen LogP contribution in [0.25, 0.3) is 0 Å². The minimum absolute atomic E-state index is 0.117. The van der Waals surface area contributed by atoms with Gasteiger partial charge >= 0.3 is 5.97 Å². The molecular formula is C15H25NO3. The summed E-state index contributed by atoms with van der Waals surface area (Å²) in [5.41, 5.74) is 0. The molecule has 0 N–H and O–H groups in total. The number of ether oxygens (including phenoxy) is 1. The van der Waals surface area contributed by atoms with Gasteiger partial charge in [0.05, 0.1) is 13.0 Å². The van der Waals surface area contributed by atoms with Crippen molar-refractivity contribution in [2.45, 2.75) is 51.4 Å². The summed E-state index contributed by atoms with van der Waals surface area (Å²) in [6, 6.07) is 0. The molecule has 4 nitrogen and oxygen atoms in total. The molecule has 1 aliphatic carbocycles. The van der Waals surface area contributed by atoms with Crippen molar-refractivity contribution in [1.82, 2.24) is 4.90 Å². The number of likely N-dealkylation sites (tertiary alicyclic amines) is 1. The second-order valence-corrected chi connectivity index (χ2v) is 5.84. The van der Waals surface area contributed by atoms with Gasteiger partial charge < -0.3 is 9.64 Å². The highest BCUT2D eigenvalue weighted by Crippen LogP contribution is 2.27. The van der Waals surface area contributed by atoms with E-state index in [9.17, 15) is 9.59 Å². The molecule has 0 bridgehead atoms. The van der Waals surface area contributed by atoms with Gasteiger partial charge in [-0.05, 0) is 25.7 Å². The molecule has 0 aromatic rings. The Morgan fingerprint density at radius 3 is 2.21 bits per heavy atom. The number of carbonyl (C=O) groups is 2. The molecule has 0 aromatic heterocycles. The van der Waals surface area contributed by atoms with E-state index in [2.05, 4.69) is 0 Å². The third-order valence-corrected chi connectivity index (χ3v) is 4.47. The Morgan fingerprint density at radius 2 is 1.58 bits per heavy atom. The second-order valence-electron chi connectivity index (χ2n) is 5.84. The van der Waals surface area contributed by atoms with E-state index < -0.39 is 0 Å². The van der Waals surface area contributed by atoms with Gasteiger partial charge in [0, 0.05) is 19.0 Å². The summed E-state index contributed by atoms with van der Waals surface area (Å²) in [5, 5.41) is 0. The minimum atomic E-state index is -0.168. The molecular weight excluding hydrogens is 242 g/mol. The summed E-state index contributed by atoms with van der Waals surface area (Å²) in [5.74, 6) is 0.182. The number of amides is 1. The number of esters is 1. The average molecular weight is 267 g/mol. The Morgan fingerprint density at radius 1 is 0.947 bits per heavy atom. The lowest BCUT2D eigenvalue weighted by atomic mass is 9.94. The summed E-state index contributed by atoms with van der Waals surface area (Å²) in [4.78, 5) is 26.0. The van der Waals surface area contributed by atoms with Crippen LogP contribution in [0.1, 0.15) is 51.4 Å². The number of methoxy groups -OCH3 is 1. The zero-order valence-electron chi connectivity index (χ0n) is 11.9. The molecule has 108 valence electrons. The highest BCUT2D eigenvalue weighted by molar-refractivity contribution is 5.80. The highest BCUT2D eigenvalue weighted by atomic mass is 16.5. The molecule has 0 radical (unpaired) electrons. The van der Waals surface area contributed by atoms with Crippen molar-refractivity contribution in [3.05, 3.63) is 0 Å². The van der Waals surface area contributed by atoms with E-state index in [1.165, 1.54) is 32.8 Å². The van der Waals surface area contributed by atoms with Crippen LogP contribution < -0.4 is 0 Å². The standard InChI is InChI=1S/C15H25NO3/c1-19-15(18)13-9-6-10-16(11-13)14(17)12-7-4-2-3-5-8-12/h12-13H,2-11H2,1H3. The fraction of sp³-hybridized carbons (Fsp3) is 0.867. The lowest BCUT2D eigenvalue weighted by Crippen LogP contribution is -2.45. The summed E-state index contributed by atoms with van der Waals surface area (Å²) in [6.07, 6.45) is 8.67. The lowest BCUT2D eigenvalue weighted by molar-refractivity contribution is -0.149. The van der Waals surface area contributed by atoms with E-state index in [-0.39, 0.29) is 23.7 Å². The lowest BCUT2D eigenvalue weighted by Gasteiger charge is -2.33. The molecule has 1 amide bonds. The number of hydrogen-bond acceptors (Lipinski definition) is 3. The van der Waals surface area contributed by atoms with Gasteiger partial charge in [0.2, 0.25) is 5.91 Å². The quantitative estimate of drug-likeness (QED) is 0.570. The molecule has 2 fully saturated rings. The van der Waals surface area contributed by atoms with Gasteiger partial charge in [0.25, 0.3) is 0 Å². The van der Waals surface area contributed by atoms with Crippen LogP contribution in [0, 0.1) is 11.8 Å². The van der Waals surface area contributed by atoms with Crippen molar-refractivity contribution in [2.24, 2.45) is 11.8 Å². The van der Waals surface area contributed by atoms with Crippen LogP contribution >= 0.6 is 0 Å². The Labute approximate surface area is 115 Å². The molecule has 1 saturated carbocycles. The first-order valence-corrected chi connectivity index (χ1v) is 7.59. The van der Waals surface area contributed by atoms with Crippen LogP contribution in [0.5, 0.6) is 0 Å². The summed E-state index contributed by atoms with van der Waals surface area (Å²) in [6.45, 7) is 1.37. The Kier molecular flexibility index (Phi) is 5.23. The zero-order chi connectivity index (χ0) is 13.7. The van der Waals surface area contributed by atoms with Gasteiger partial charge in [0.15, 0.2) is 0 Å². The largest absolute Gasteiger partial charge is 0.469 e. The first-order chi connectivity index (χ1) is 9.22. The fourth-order valence-corrected chi connectivity index (χ4v) is 3.32. The van der Waals surface area contributed by atoms with E-state index >= 15 is 0 Å².